The van der Waals surface area contributed by atoms with Crippen LogP contribution in [0, 0.1) is 5.82 Å². The lowest BCUT2D eigenvalue weighted by Crippen LogP contribution is -2.43. The number of hydrazine groups is 1. The predicted molar refractivity (Wildman–Crippen MR) is 93.1 cm³/mol. The van der Waals surface area contributed by atoms with Crippen LogP contribution in [0.5, 0.6) is 5.75 Å². The first kappa shape index (κ1) is 19.1. The molecule has 26 heavy (non-hydrogen) atoms. The van der Waals surface area contributed by atoms with E-state index >= 15 is 0 Å². The van der Waals surface area contributed by atoms with E-state index in [1.54, 1.807) is 18.2 Å². The van der Waals surface area contributed by atoms with Crippen molar-refractivity contribution in [1.29, 1.82) is 0 Å². The molecule has 0 radical (unpaired) electrons. The maximum atomic E-state index is 12.8. The van der Waals surface area contributed by atoms with E-state index in [0.29, 0.717) is 22.4 Å². The van der Waals surface area contributed by atoms with Crippen LogP contribution in [0.1, 0.15) is 28.4 Å². The Hall–Kier alpha value is -3.22. The molecular formula is C19H19FN2O4. The number of Topliss-reactive ketones (excluding diaryl/α,β-unsaturated/α-hetero) is 1. The molecule has 0 saturated heterocycles. The molecule has 0 heterocycles. The summed E-state index contributed by atoms with van der Waals surface area (Å²) >= 11 is 0. The maximum Gasteiger partial charge on any atom is 0.242 e. The number of hydrogen-bond donors (Lipinski definition) is 2. The quantitative estimate of drug-likeness (QED) is 0.611. The Balaban J connectivity index is 1.92. The molecule has 0 saturated carbocycles. The molecule has 0 aliphatic carbocycles. The molecule has 0 fully saturated rings. The number of benzene rings is 2. The largest absolute Gasteiger partial charge is 0.496 e. The highest BCUT2D eigenvalue weighted by molar-refractivity contribution is 5.95. The third-order valence-corrected chi connectivity index (χ3v) is 3.66. The second-order valence-electron chi connectivity index (χ2n) is 5.66. The topological polar surface area (TPSA) is 84.5 Å². The van der Waals surface area contributed by atoms with E-state index in [2.05, 4.69) is 10.9 Å². The third-order valence-electron chi connectivity index (χ3n) is 3.66. The lowest BCUT2D eigenvalue weighted by Gasteiger charge is -2.11. The van der Waals surface area contributed by atoms with Gasteiger partial charge in [-0.05, 0) is 42.8 Å². The van der Waals surface area contributed by atoms with Crippen molar-refractivity contribution in [3.05, 3.63) is 65.0 Å². The summed E-state index contributed by atoms with van der Waals surface area (Å²) in [5.74, 6) is -0.931. The van der Waals surface area contributed by atoms with E-state index in [-0.39, 0.29) is 24.4 Å². The molecule has 2 rings (SSSR count). The van der Waals surface area contributed by atoms with Gasteiger partial charge in [0, 0.05) is 11.1 Å². The van der Waals surface area contributed by atoms with Crippen molar-refractivity contribution >= 4 is 17.6 Å². The average Bonchev–Trinajstić information content (AvgIpc) is 2.62. The number of carbonyl (C=O) groups excluding carboxylic acids is 3. The fourth-order valence-electron chi connectivity index (χ4n) is 2.32. The van der Waals surface area contributed by atoms with Gasteiger partial charge in [0.25, 0.3) is 0 Å². The summed E-state index contributed by atoms with van der Waals surface area (Å²) in [5.41, 5.74) is 6.23. The highest BCUT2D eigenvalue weighted by Gasteiger charge is 2.12. The molecule has 0 aliphatic heterocycles. The van der Waals surface area contributed by atoms with Crippen molar-refractivity contribution in [2.45, 2.75) is 19.8 Å². The molecule has 0 atom stereocenters. The lowest BCUT2D eigenvalue weighted by molar-refractivity contribution is -0.128. The Bertz CT molecular complexity index is 819. The summed E-state index contributed by atoms with van der Waals surface area (Å²) < 4.78 is 18.0. The van der Waals surface area contributed by atoms with Crippen LogP contribution in [0.2, 0.25) is 0 Å². The fourth-order valence-corrected chi connectivity index (χ4v) is 2.32. The van der Waals surface area contributed by atoms with Gasteiger partial charge in [-0.3, -0.25) is 25.2 Å². The smallest absolute Gasteiger partial charge is 0.242 e. The maximum absolute atomic E-state index is 12.8. The zero-order chi connectivity index (χ0) is 19.1. The second kappa shape index (κ2) is 8.75. The Morgan fingerprint density at radius 2 is 1.58 bits per heavy atom. The zero-order valence-electron chi connectivity index (χ0n) is 14.5. The molecule has 0 spiro atoms. The van der Waals surface area contributed by atoms with Gasteiger partial charge in [-0.15, -0.1) is 0 Å². The summed E-state index contributed by atoms with van der Waals surface area (Å²) in [6.45, 7) is 1.43. The first-order valence-corrected chi connectivity index (χ1v) is 7.89. The van der Waals surface area contributed by atoms with Crippen molar-refractivity contribution in [2.75, 3.05) is 7.11 Å². The van der Waals surface area contributed by atoms with Gasteiger partial charge in [0.15, 0.2) is 5.78 Å². The standard InChI is InChI=1S/C19H19FN2O4/c1-12(23)14-5-8-17(26-2)15(10-14)11-19(25)22-21-18(24)9-13-3-6-16(20)7-4-13/h3-8,10H,9,11H2,1-2H3,(H,21,24)(H,22,25). The van der Waals surface area contributed by atoms with Crippen LogP contribution in [0.25, 0.3) is 0 Å². The Morgan fingerprint density at radius 1 is 0.962 bits per heavy atom. The predicted octanol–water partition coefficient (Wildman–Crippen LogP) is 1.97. The average molecular weight is 358 g/mol. The molecule has 0 unspecified atom stereocenters. The van der Waals surface area contributed by atoms with Gasteiger partial charge in [0.05, 0.1) is 20.0 Å². The van der Waals surface area contributed by atoms with E-state index in [1.165, 1.54) is 38.3 Å². The first-order chi connectivity index (χ1) is 12.4. The normalized spacial score (nSPS) is 10.1. The minimum absolute atomic E-state index is 0.00367. The Kier molecular flexibility index (Phi) is 6.43. The van der Waals surface area contributed by atoms with E-state index in [0.717, 1.165) is 0 Å². The summed E-state index contributed by atoms with van der Waals surface area (Å²) in [4.78, 5) is 35.4. The molecule has 2 aromatic rings. The number of nitrogens with one attached hydrogen (secondary N) is 2. The van der Waals surface area contributed by atoms with Gasteiger partial charge in [-0.1, -0.05) is 12.1 Å². The van der Waals surface area contributed by atoms with Gasteiger partial charge in [0.2, 0.25) is 11.8 Å². The highest BCUT2D eigenvalue weighted by Crippen LogP contribution is 2.20. The fraction of sp³-hybridized carbons (Fsp3) is 0.211. The molecule has 0 aromatic heterocycles. The van der Waals surface area contributed by atoms with Gasteiger partial charge >= 0.3 is 0 Å². The minimum Gasteiger partial charge on any atom is -0.496 e. The summed E-state index contributed by atoms with van der Waals surface area (Å²) in [6, 6.07) is 10.3. The second-order valence-corrected chi connectivity index (χ2v) is 5.66. The van der Waals surface area contributed by atoms with Crippen molar-refractivity contribution in [3.63, 3.8) is 0 Å². The number of rotatable bonds is 6. The molecule has 2 aromatic carbocycles. The van der Waals surface area contributed by atoms with E-state index in [9.17, 15) is 18.8 Å². The molecule has 6 nitrogen and oxygen atoms in total. The number of halogens is 1. The van der Waals surface area contributed by atoms with Gasteiger partial charge in [-0.25, -0.2) is 4.39 Å². The van der Waals surface area contributed by atoms with Crippen LogP contribution in [0.3, 0.4) is 0 Å². The number of ketones is 1. The number of carbonyl (C=O) groups is 3. The first-order valence-electron chi connectivity index (χ1n) is 7.89. The van der Waals surface area contributed by atoms with E-state index < -0.39 is 11.8 Å². The van der Waals surface area contributed by atoms with Crippen molar-refractivity contribution < 1.29 is 23.5 Å². The number of ether oxygens (including phenoxy) is 1. The third kappa shape index (κ3) is 5.41. The summed E-state index contributed by atoms with van der Waals surface area (Å²) in [7, 11) is 1.47. The minimum atomic E-state index is -0.462. The number of hydrogen-bond acceptors (Lipinski definition) is 4. The molecule has 7 heteroatoms. The van der Waals surface area contributed by atoms with Crippen LogP contribution < -0.4 is 15.6 Å². The lowest BCUT2D eigenvalue weighted by atomic mass is 10.0. The Labute approximate surface area is 150 Å². The van der Waals surface area contributed by atoms with E-state index in [4.69, 9.17) is 4.74 Å². The highest BCUT2D eigenvalue weighted by atomic mass is 19.1. The Morgan fingerprint density at radius 3 is 2.15 bits per heavy atom. The van der Waals surface area contributed by atoms with Crippen LogP contribution in [0.4, 0.5) is 4.39 Å². The van der Waals surface area contributed by atoms with Crippen LogP contribution >= 0.6 is 0 Å². The van der Waals surface area contributed by atoms with Gasteiger partial charge in [-0.2, -0.15) is 0 Å². The molecule has 0 bridgehead atoms. The van der Waals surface area contributed by atoms with Gasteiger partial charge < -0.3 is 4.74 Å². The van der Waals surface area contributed by atoms with Crippen molar-refractivity contribution in [3.8, 4) is 5.75 Å². The molecule has 136 valence electrons. The summed E-state index contributed by atoms with van der Waals surface area (Å²) in [5, 5.41) is 0. The van der Waals surface area contributed by atoms with Crippen molar-refractivity contribution in [1.82, 2.24) is 10.9 Å². The molecular weight excluding hydrogens is 339 g/mol. The zero-order valence-corrected chi connectivity index (χ0v) is 14.5. The van der Waals surface area contributed by atoms with Gasteiger partial charge in [0.1, 0.15) is 11.6 Å². The SMILES string of the molecule is COc1ccc(C(C)=O)cc1CC(=O)NNC(=O)Cc1ccc(F)cc1. The van der Waals surface area contributed by atoms with Crippen LogP contribution in [-0.2, 0) is 22.4 Å². The molecule has 2 amide bonds. The number of amides is 2. The monoisotopic (exact) mass is 358 g/mol. The number of methoxy groups -OCH3 is 1. The molecule has 2 N–H and O–H groups in total. The van der Waals surface area contributed by atoms with Crippen LogP contribution in [0.15, 0.2) is 42.5 Å². The van der Waals surface area contributed by atoms with E-state index in [1.807, 2.05) is 0 Å². The van der Waals surface area contributed by atoms with Crippen molar-refractivity contribution in [2.24, 2.45) is 0 Å². The summed E-state index contributed by atoms with van der Waals surface area (Å²) in [6.07, 6.45) is -0.0647. The molecule has 0 aliphatic rings. The van der Waals surface area contributed by atoms with Crippen LogP contribution in [-0.4, -0.2) is 24.7 Å².